The predicted octanol–water partition coefficient (Wildman–Crippen LogP) is 2.36. The van der Waals surface area contributed by atoms with E-state index in [0.29, 0.717) is 5.82 Å². The van der Waals surface area contributed by atoms with E-state index in [4.69, 9.17) is 14.7 Å². The number of furan rings is 1. The van der Waals surface area contributed by atoms with Gasteiger partial charge in [-0.25, -0.2) is 0 Å². The van der Waals surface area contributed by atoms with E-state index in [0.717, 1.165) is 32.1 Å². The summed E-state index contributed by atoms with van der Waals surface area (Å²) in [6.45, 7) is 0. The van der Waals surface area contributed by atoms with Crippen LogP contribution >= 0.6 is 0 Å². The van der Waals surface area contributed by atoms with Gasteiger partial charge in [0, 0.05) is 0 Å². The van der Waals surface area contributed by atoms with Crippen LogP contribution in [-0.4, -0.2) is 15.1 Å². The van der Waals surface area contributed by atoms with Crippen LogP contribution in [0.2, 0.25) is 0 Å². The van der Waals surface area contributed by atoms with Gasteiger partial charge < -0.3 is 14.7 Å². The largest absolute Gasteiger partial charge is 0.433 e. The number of hydrogen-bond acceptors (Lipinski definition) is 7. The molecule has 2 aromatic rings. The molecule has 1 fully saturated rings. The lowest BCUT2D eigenvalue weighted by molar-refractivity contribution is -0.401. The van der Waals surface area contributed by atoms with Crippen molar-refractivity contribution in [1.29, 1.82) is 0 Å². The standard InChI is InChI=1S/C12H14N4O4/c13-12(6-2-1-3-7-12)11-14-10(20-15-11)8-4-5-9(19-8)16(17)18/h4-5H,1-3,6-7,13H2. The second kappa shape index (κ2) is 4.71. The van der Waals surface area contributed by atoms with Crippen molar-refractivity contribution >= 4 is 5.88 Å². The third-order valence-corrected chi connectivity index (χ3v) is 3.60. The molecule has 0 saturated heterocycles. The van der Waals surface area contributed by atoms with Crippen molar-refractivity contribution in [3.8, 4) is 11.7 Å². The maximum Gasteiger partial charge on any atom is 0.433 e. The molecule has 106 valence electrons. The van der Waals surface area contributed by atoms with Crippen LogP contribution in [0.3, 0.4) is 0 Å². The highest BCUT2D eigenvalue weighted by molar-refractivity contribution is 5.46. The molecule has 2 aromatic heterocycles. The van der Waals surface area contributed by atoms with E-state index < -0.39 is 10.5 Å². The molecule has 0 bridgehead atoms. The molecule has 0 atom stereocenters. The van der Waals surface area contributed by atoms with Gasteiger partial charge in [-0.15, -0.1) is 0 Å². The average Bonchev–Trinajstić information content (AvgIpc) is 3.09. The fourth-order valence-corrected chi connectivity index (χ4v) is 2.47. The molecule has 0 unspecified atom stereocenters. The minimum Gasteiger partial charge on any atom is -0.395 e. The summed E-state index contributed by atoms with van der Waals surface area (Å²) in [7, 11) is 0. The van der Waals surface area contributed by atoms with Crippen molar-refractivity contribution in [3.05, 3.63) is 28.1 Å². The van der Waals surface area contributed by atoms with Gasteiger partial charge >= 0.3 is 5.88 Å². The normalized spacial score (nSPS) is 18.1. The quantitative estimate of drug-likeness (QED) is 0.675. The molecule has 20 heavy (non-hydrogen) atoms. The molecule has 8 nitrogen and oxygen atoms in total. The number of nitro groups is 1. The first-order chi connectivity index (χ1) is 9.58. The molecule has 2 N–H and O–H groups in total. The zero-order valence-electron chi connectivity index (χ0n) is 10.7. The van der Waals surface area contributed by atoms with E-state index in [1.807, 2.05) is 0 Å². The van der Waals surface area contributed by atoms with E-state index in [1.165, 1.54) is 12.1 Å². The Kier molecular flexibility index (Phi) is 3.01. The average molecular weight is 278 g/mol. The Labute approximate surface area is 114 Å². The molecule has 0 aromatic carbocycles. The van der Waals surface area contributed by atoms with E-state index >= 15 is 0 Å². The minimum atomic E-state index is -0.619. The van der Waals surface area contributed by atoms with Gasteiger partial charge in [-0.05, 0) is 18.9 Å². The Balaban J connectivity index is 1.87. The second-order valence-corrected chi connectivity index (χ2v) is 5.03. The van der Waals surface area contributed by atoms with Crippen LogP contribution in [0.15, 0.2) is 21.1 Å². The first-order valence-electron chi connectivity index (χ1n) is 6.46. The van der Waals surface area contributed by atoms with Gasteiger partial charge in [-0.3, -0.25) is 10.1 Å². The van der Waals surface area contributed by atoms with Crippen LogP contribution in [0.5, 0.6) is 0 Å². The maximum atomic E-state index is 10.6. The summed E-state index contributed by atoms with van der Waals surface area (Å²) >= 11 is 0. The van der Waals surface area contributed by atoms with Crippen LogP contribution in [-0.2, 0) is 5.54 Å². The smallest absolute Gasteiger partial charge is 0.395 e. The number of hydrogen-bond donors (Lipinski definition) is 1. The predicted molar refractivity (Wildman–Crippen MR) is 67.6 cm³/mol. The fourth-order valence-electron chi connectivity index (χ4n) is 2.47. The highest BCUT2D eigenvalue weighted by atomic mass is 16.6. The Hall–Kier alpha value is -2.22. The molecule has 2 heterocycles. The molecular weight excluding hydrogens is 264 g/mol. The number of nitrogens with two attached hydrogens (primary N) is 1. The Morgan fingerprint density at radius 2 is 2.05 bits per heavy atom. The highest BCUT2D eigenvalue weighted by Crippen LogP contribution is 2.34. The SMILES string of the molecule is NC1(c2noc(-c3ccc([N+](=O)[O-])o3)n2)CCCCC1. The highest BCUT2D eigenvalue weighted by Gasteiger charge is 2.34. The molecule has 0 aliphatic heterocycles. The van der Waals surface area contributed by atoms with Crippen LogP contribution in [0.25, 0.3) is 11.7 Å². The Morgan fingerprint density at radius 3 is 2.70 bits per heavy atom. The molecule has 1 aliphatic rings. The van der Waals surface area contributed by atoms with Crippen LogP contribution in [0.4, 0.5) is 5.88 Å². The molecule has 3 rings (SSSR count). The first-order valence-corrected chi connectivity index (χ1v) is 6.46. The summed E-state index contributed by atoms with van der Waals surface area (Å²) < 4.78 is 10.1. The lowest BCUT2D eigenvalue weighted by atomic mass is 9.82. The van der Waals surface area contributed by atoms with E-state index in [2.05, 4.69) is 10.1 Å². The molecule has 0 radical (unpaired) electrons. The first kappa shape index (κ1) is 12.8. The molecule has 1 aliphatic carbocycles. The molecular formula is C12H14N4O4. The summed E-state index contributed by atoms with van der Waals surface area (Å²) in [5.41, 5.74) is 5.73. The van der Waals surface area contributed by atoms with Gasteiger partial charge in [-0.2, -0.15) is 4.98 Å². The van der Waals surface area contributed by atoms with Crippen molar-refractivity contribution in [2.24, 2.45) is 5.73 Å². The van der Waals surface area contributed by atoms with Crippen molar-refractivity contribution in [1.82, 2.24) is 10.1 Å². The van der Waals surface area contributed by atoms with Gasteiger partial charge in [0.05, 0.1) is 11.6 Å². The van der Waals surface area contributed by atoms with E-state index in [-0.39, 0.29) is 17.5 Å². The molecule has 8 heteroatoms. The van der Waals surface area contributed by atoms with E-state index in [1.54, 1.807) is 0 Å². The van der Waals surface area contributed by atoms with Gasteiger partial charge in [0.2, 0.25) is 0 Å². The van der Waals surface area contributed by atoms with Crippen LogP contribution < -0.4 is 5.73 Å². The topological polar surface area (TPSA) is 121 Å². The summed E-state index contributed by atoms with van der Waals surface area (Å²) in [5, 5.41) is 14.5. The van der Waals surface area contributed by atoms with Gasteiger partial charge in [0.25, 0.3) is 5.89 Å². The van der Waals surface area contributed by atoms with Crippen molar-refractivity contribution in [2.75, 3.05) is 0 Å². The number of aromatic nitrogens is 2. The van der Waals surface area contributed by atoms with Gasteiger partial charge in [0.1, 0.15) is 4.92 Å². The van der Waals surface area contributed by atoms with Crippen LogP contribution in [0, 0.1) is 10.1 Å². The van der Waals surface area contributed by atoms with E-state index in [9.17, 15) is 10.1 Å². The van der Waals surface area contributed by atoms with Crippen LogP contribution in [0.1, 0.15) is 37.9 Å². The minimum absolute atomic E-state index is 0.114. The van der Waals surface area contributed by atoms with Crippen molar-refractivity contribution in [2.45, 2.75) is 37.6 Å². The van der Waals surface area contributed by atoms with Gasteiger partial charge in [-0.1, -0.05) is 24.4 Å². The fraction of sp³-hybridized carbons (Fsp3) is 0.500. The molecule has 0 spiro atoms. The molecule has 0 amide bonds. The van der Waals surface area contributed by atoms with Crippen molar-refractivity contribution < 1.29 is 13.9 Å². The number of rotatable bonds is 3. The third kappa shape index (κ3) is 2.18. The van der Waals surface area contributed by atoms with Gasteiger partial charge in [0.15, 0.2) is 11.6 Å². The monoisotopic (exact) mass is 278 g/mol. The molecule has 1 saturated carbocycles. The summed E-state index contributed by atoms with van der Waals surface area (Å²) in [4.78, 5) is 14.2. The maximum absolute atomic E-state index is 10.6. The summed E-state index contributed by atoms with van der Waals surface area (Å²) in [6.07, 6.45) is 4.85. The lowest BCUT2D eigenvalue weighted by Gasteiger charge is -2.29. The summed E-state index contributed by atoms with van der Waals surface area (Å²) in [5.74, 6) is 0.365. The Bertz CT molecular complexity index is 627. The number of nitrogens with zero attached hydrogens (tertiary/aromatic N) is 3. The van der Waals surface area contributed by atoms with Crippen molar-refractivity contribution in [3.63, 3.8) is 0 Å². The Morgan fingerprint density at radius 1 is 1.30 bits per heavy atom. The second-order valence-electron chi connectivity index (χ2n) is 5.03. The third-order valence-electron chi connectivity index (χ3n) is 3.60. The lowest BCUT2D eigenvalue weighted by Crippen LogP contribution is -2.39. The zero-order chi connectivity index (χ0) is 14.2. The zero-order valence-corrected chi connectivity index (χ0v) is 10.7. The summed E-state index contributed by atoms with van der Waals surface area (Å²) in [6, 6.07) is 2.68.